The van der Waals surface area contributed by atoms with Crippen molar-refractivity contribution in [2.45, 2.75) is 6.54 Å². The van der Waals surface area contributed by atoms with Gasteiger partial charge in [-0.1, -0.05) is 29.3 Å². The van der Waals surface area contributed by atoms with Crippen molar-refractivity contribution in [3.8, 4) is 0 Å². The summed E-state index contributed by atoms with van der Waals surface area (Å²) in [5.74, 6) is -0.179. The van der Waals surface area contributed by atoms with Gasteiger partial charge in [-0.25, -0.2) is 0 Å². The lowest BCUT2D eigenvalue weighted by molar-refractivity contribution is -0.885. The van der Waals surface area contributed by atoms with Gasteiger partial charge in [0.2, 0.25) is 0 Å². The van der Waals surface area contributed by atoms with E-state index in [2.05, 4.69) is 5.32 Å². The molecule has 1 atom stereocenters. The van der Waals surface area contributed by atoms with E-state index < -0.39 is 4.92 Å². The van der Waals surface area contributed by atoms with Crippen LogP contribution in [-0.2, 0) is 11.3 Å². The van der Waals surface area contributed by atoms with Crippen molar-refractivity contribution < 1.29 is 14.6 Å². The van der Waals surface area contributed by atoms with Crippen LogP contribution in [0.5, 0.6) is 0 Å². The number of halogens is 2. The molecule has 0 aromatic heterocycles. The van der Waals surface area contributed by atoms with Crippen LogP contribution in [0.15, 0.2) is 42.5 Å². The van der Waals surface area contributed by atoms with Crippen LogP contribution in [0.2, 0.25) is 10.0 Å². The third-order valence-corrected chi connectivity index (χ3v) is 4.05. The Balaban J connectivity index is 1.89. The molecule has 0 bridgehead atoms. The van der Waals surface area contributed by atoms with E-state index in [4.69, 9.17) is 23.2 Å². The summed E-state index contributed by atoms with van der Waals surface area (Å²) >= 11 is 11.9. The molecule has 0 saturated carbocycles. The van der Waals surface area contributed by atoms with Crippen LogP contribution in [0.25, 0.3) is 0 Å². The Morgan fingerprint density at radius 3 is 2.42 bits per heavy atom. The Hall–Kier alpha value is -2.15. The van der Waals surface area contributed by atoms with Crippen molar-refractivity contribution in [1.82, 2.24) is 0 Å². The minimum Gasteiger partial charge on any atom is -0.326 e. The van der Waals surface area contributed by atoms with Crippen LogP contribution in [0.3, 0.4) is 0 Å². The molecule has 1 amide bonds. The molecule has 0 aliphatic heterocycles. The first kappa shape index (κ1) is 18.2. The van der Waals surface area contributed by atoms with E-state index >= 15 is 0 Å². The highest BCUT2D eigenvalue weighted by Gasteiger charge is 2.12. The van der Waals surface area contributed by atoms with E-state index in [1.165, 1.54) is 24.3 Å². The Kier molecular flexibility index (Phi) is 6.14. The van der Waals surface area contributed by atoms with Gasteiger partial charge in [-0.05, 0) is 24.3 Å². The SMILES string of the molecule is C[NH+](CC(=O)Nc1ccc([N+](=O)[O-])cc1)Cc1ccc(Cl)c(Cl)c1. The van der Waals surface area contributed by atoms with Crippen molar-refractivity contribution in [3.05, 3.63) is 68.2 Å². The fourth-order valence-electron chi connectivity index (χ4n) is 2.21. The van der Waals surface area contributed by atoms with Gasteiger partial charge in [0, 0.05) is 23.4 Å². The molecule has 24 heavy (non-hydrogen) atoms. The highest BCUT2D eigenvalue weighted by atomic mass is 35.5. The number of nitrogens with one attached hydrogen (secondary N) is 2. The van der Waals surface area contributed by atoms with Crippen molar-refractivity contribution in [1.29, 1.82) is 0 Å². The third kappa shape index (κ3) is 5.19. The number of anilines is 1. The zero-order chi connectivity index (χ0) is 17.7. The number of carbonyl (C=O) groups is 1. The molecule has 2 rings (SSSR count). The van der Waals surface area contributed by atoms with E-state index in [1.807, 2.05) is 13.1 Å². The molecule has 0 aliphatic rings. The maximum absolute atomic E-state index is 12.0. The van der Waals surface area contributed by atoms with Crippen molar-refractivity contribution in [2.75, 3.05) is 18.9 Å². The third-order valence-electron chi connectivity index (χ3n) is 3.31. The van der Waals surface area contributed by atoms with Crippen molar-refractivity contribution in [3.63, 3.8) is 0 Å². The largest absolute Gasteiger partial charge is 0.326 e. The molecule has 0 fully saturated rings. The molecule has 1 unspecified atom stereocenters. The van der Waals surface area contributed by atoms with Crippen LogP contribution in [0.4, 0.5) is 11.4 Å². The average molecular weight is 369 g/mol. The van der Waals surface area contributed by atoms with Gasteiger partial charge in [-0.2, -0.15) is 0 Å². The van der Waals surface area contributed by atoms with Crippen LogP contribution in [0, 0.1) is 10.1 Å². The zero-order valence-corrected chi connectivity index (χ0v) is 14.4. The number of hydrogen-bond donors (Lipinski definition) is 2. The molecule has 0 radical (unpaired) electrons. The molecule has 8 heteroatoms. The van der Waals surface area contributed by atoms with Crippen LogP contribution >= 0.6 is 23.2 Å². The monoisotopic (exact) mass is 368 g/mol. The number of nitro benzene ring substituents is 1. The fourth-order valence-corrected chi connectivity index (χ4v) is 2.53. The summed E-state index contributed by atoms with van der Waals surface area (Å²) in [7, 11) is 1.89. The molecule has 2 aromatic carbocycles. The molecule has 0 saturated heterocycles. The molecule has 2 aromatic rings. The molecule has 6 nitrogen and oxygen atoms in total. The first-order valence-corrected chi connectivity index (χ1v) is 7.90. The number of nitrogens with zero attached hydrogens (tertiary/aromatic N) is 1. The zero-order valence-electron chi connectivity index (χ0n) is 12.9. The molecule has 0 heterocycles. The van der Waals surface area contributed by atoms with Gasteiger partial charge >= 0.3 is 0 Å². The Morgan fingerprint density at radius 2 is 1.83 bits per heavy atom. The number of carbonyl (C=O) groups excluding carboxylic acids is 1. The van der Waals surface area contributed by atoms with Crippen LogP contribution in [0.1, 0.15) is 5.56 Å². The van der Waals surface area contributed by atoms with Gasteiger partial charge in [0.25, 0.3) is 11.6 Å². The second kappa shape index (κ2) is 8.10. The standard InChI is InChI=1S/C16H15Cl2N3O3/c1-20(9-11-2-7-14(17)15(18)8-11)10-16(22)19-12-3-5-13(6-4-12)21(23)24/h2-8H,9-10H2,1H3,(H,19,22)/p+1. The van der Waals surface area contributed by atoms with Gasteiger partial charge in [0.15, 0.2) is 6.54 Å². The molecule has 126 valence electrons. The number of amides is 1. The van der Waals surface area contributed by atoms with Gasteiger partial charge in [0.05, 0.1) is 22.0 Å². The van der Waals surface area contributed by atoms with Gasteiger partial charge in [-0.3, -0.25) is 14.9 Å². The fraction of sp³-hybridized carbons (Fsp3) is 0.188. The quantitative estimate of drug-likeness (QED) is 0.607. The maximum atomic E-state index is 12.0. The normalized spacial score (nSPS) is 11.8. The summed E-state index contributed by atoms with van der Waals surface area (Å²) in [4.78, 5) is 23.1. The minimum absolute atomic E-state index is 0.0182. The maximum Gasteiger partial charge on any atom is 0.279 e. The highest BCUT2D eigenvalue weighted by molar-refractivity contribution is 6.42. The summed E-state index contributed by atoms with van der Waals surface area (Å²) in [6.45, 7) is 0.863. The molecule has 0 aliphatic carbocycles. The predicted octanol–water partition coefficient (Wildman–Crippen LogP) is 2.56. The summed E-state index contributed by atoms with van der Waals surface area (Å²) < 4.78 is 0. The summed E-state index contributed by atoms with van der Waals surface area (Å²) in [6.07, 6.45) is 0. The lowest BCUT2D eigenvalue weighted by Crippen LogP contribution is -3.08. The lowest BCUT2D eigenvalue weighted by Gasteiger charge is -2.14. The van der Waals surface area contributed by atoms with E-state index in [0.717, 1.165) is 10.5 Å². The Labute approximate surface area is 149 Å². The minimum atomic E-state index is -0.485. The lowest BCUT2D eigenvalue weighted by atomic mass is 10.2. The van der Waals surface area contributed by atoms with Gasteiger partial charge in [-0.15, -0.1) is 0 Å². The molecule has 2 N–H and O–H groups in total. The Morgan fingerprint density at radius 1 is 1.17 bits per heavy atom. The van der Waals surface area contributed by atoms with E-state index in [9.17, 15) is 14.9 Å². The second-order valence-electron chi connectivity index (χ2n) is 5.41. The summed E-state index contributed by atoms with van der Waals surface area (Å²) in [5, 5.41) is 14.3. The molecule has 0 spiro atoms. The highest BCUT2D eigenvalue weighted by Crippen LogP contribution is 2.22. The number of rotatable bonds is 6. The average Bonchev–Trinajstić information content (AvgIpc) is 2.51. The number of hydrogen-bond acceptors (Lipinski definition) is 3. The Bertz CT molecular complexity index is 751. The predicted molar refractivity (Wildman–Crippen MR) is 93.6 cm³/mol. The van der Waals surface area contributed by atoms with E-state index in [-0.39, 0.29) is 18.1 Å². The first-order valence-electron chi connectivity index (χ1n) is 7.14. The summed E-state index contributed by atoms with van der Waals surface area (Å²) in [5.41, 5.74) is 1.48. The van der Waals surface area contributed by atoms with Crippen LogP contribution < -0.4 is 10.2 Å². The smallest absolute Gasteiger partial charge is 0.279 e. The van der Waals surface area contributed by atoms with Crippen molar-refractivity contribution in [2.24, 2.45) is 0 Å². The van der Waals surface area contributed by atoms with Crippen molar-refractivity contribution >= 4 is 40.5 Å². The van der Waals surface area contributed by atoms with Gasteiger partial charge in [0.1, 0.15) is 6.54 Å². The van der Waals surface area contributed by atoms with E-state index in [1.54, 1.807) is 12.1 Å². The topological polar surface area (TPSA) is 76.7 Å². The van der Waals surface area contributed by atoms with E-state index in [0.29, 0.717) is 22.3 Å². The summed E-state index contributed by atoms with van der Waals surface area (Å²) in [6, 6.07) is 11.1. The number of non-ortho nitro benzene ring substituents is 1. The number of likely N-dealkylation sites (N-methyl/N-ethyl adjacent to an activating group) is 1. The van der Waals surface area contributed by atoms with Gasteiger partial charge < -0.3 is 10.2 Å². The second-order valence-corrected chi connectivity index (χ2v) is 6.23. The number of nitro groups is 1. The molecular formula is C16H16Cl2N3O3+. The number of benzene rings is 2. The number of quaternary nitrogens is 1. The first-order chi connectivity index (χ1) is 11.3. The molecular weight excluding hydrogens is 353 g/mol. The van der Waals surface area contributed by atoms with Crippen LogP contribution in [-0.4, -0.2) is 24.4 Å².